The molecule has 1 fully saturated rings. The Morgan fingerprint density at radius 3 is 2.78 bits per heavy atom. The molecule has 1 heterocycles. The van der Waals surface area contributed by atoms with E-state index in [1.807, 2.05) is 6.92 Å². The predicted molar refractivity (Wildman–Crippen MR) is 70.8 cm³/mol. The molecule has 0 spiro atoms. The summed E-state index contributed by atoms with van der Waals surface area (Å²) in [6.45, 7) is 2.81. The Balaban J connectivity index is 2.27. The van der Waals surface area contributed by atoms with E-state index in [2.05, 4.69) is 0 Å². The summed E-state index contributed by atoms with van der Waals surface area (Å²) in [6.07, 6.45) is 0. The van der Waals surface area contributed by atoms with Crippen LogP contribution in [0.5, 0.6) is 5.75 Å². The molecular formula is C12H18N2O3S. The van der Waals surface area contributed by atoms with Crippen LogP contribution in [0, 0.1) is 5.92 Å². The van der Waals surface area contributed by atoms with E-state index in [0.29, 0.717) is 24.5 Å². The fourth-order valence-corrected chi connectivity index (χ4v) is 4.11. The molecule has 0 radical (unpaired) electrons. The van der Waals surface area contributed by atoms with Gasteiger partial charge in [-0.3, -0.25) is 0 Å². The van der Waals surface area contributed by atoms with Gasteiger partial charge in [-0.2, -0.15) is 4.31 Å². The van der Waals surface area contributed by atoms with Crippen LogP contribution >= 0.6 is 0 Å². The number of nitrogens with two attached hydrogens (primary N) is 1. The van der Waals surface area contributed by atoms with Crippen LogP contribution in [0.2, 0.25) is 0 Å². The van der Waals surface area contributed by atoms with Crippen molar-refractivity contribution in [2.75, 3.05) is 25.1 Å². The summed E-state index contributed by atoms with van der Waals surface area (Å²) in [7, 11) is -1.57. The lowest BCUT2D eigenvalue weighted by atomic mass is 10.1. The van der Waals surface area contributed by atoms with Crippen molar-refractivity contribution in [3.05, 3.63) is 23.8 Å². The second-order valence-electron chi connectivity index (χ2n) is 4.75. The molecule has 6 heteroatoms. The van der Waals surface area contributed by atoms with Gasteiger partial charge in [0.2, 0.25) is 10.0 Å². The van der Waals surface area contributed by atoms with Crippen LogP contribution in [-0.4, -0.2) is 32.1 Å². The first kappa shape index (κ1) is 13.2. The molecule has 100 valence electrons. The zero-order valence-electron chi connectivity index (χ0n) is 10.6. The average molecular weight is 270 g/mol. The van der Waals surface area contributed by atoms with Gasteiger partial charge in [0.25, 0.3) is 0 Å². The maximum atomic E-state index is 11.9. The molecule has 1 aromatic carbocycles. The molecule has 1 saturated heterocycles. The number of sulfonamides is 1. The largest absolute Gasteiger partial charge is 0.496 e. The number of hydrogen-bond acceptors (Lipinski definition) is 4. The van der Waals surface area contributed by atoms with E-state index < -0.39 is 10.0 Å². The van der Waals surface area contributed by atoms with Crippen molar-refractivity contribution in [2.24, 2.45) is 5.92 Å². The van der Waals surface area contributed by atoms with E-state index in [4.69, 9.17) is 10.5 Å². The number of methoxy groups -OCH3 is 1. The van der Waals surface area contributed by atoms with Gasteiger partial charge in [0, 0.05) is 24.3 Å². The molecule has 1 atom stereocenters. The molecule has 1 aromatic rings. The fourth-order valence-electron chi connectivity index (χ4n) is 2.25. The average Bonchev–Trinajstić information content (AvgIpc) is 2.52. The van der Waals surface area contributed by atoms with Gasteiger partial charge < -0.3 is 10.5 Å². The van der Waals surface area contributed by atoms with Crippen molar-refractivity contribution in [1.82, 2.24) is 4.31 Å². The highest BCUT2D eigenvalue weighted by atomic mass is 32.2. The monoisotopic (exact) mass is 270 g/mol. The molecule has 2 N–H and O–H groups in total. The number of benzene rings is 1. The topological polar surface area (TPSA) is 72.6 Å². The van der Waals surface area contributed by atoms with Crippen molar-refractivity contribution in [3.8, 4) is 5.75 Å². The van der Waals surface area contributed by atoms with E-state index in [0.717, 1.165) is 5.56 Å². The Morgan fingerprint density at radius 1 is 1.50 bits per heavy atom. The first-order valence-corrected chi connectivity index (χ1v) is 7.43. The Morgan fingerprint density at radius 2 is 2.22 bits per heavy atom. The Hall–Kier alpha value is -1.27. The van der Waals surface area contributed by atoms with Gasteiger partial charge >= 0.3 is 0 Å². The third-order valence-corrected chi connectivity index (χ3v) is 5.11. The summed E-state index contributed by atoms with van der Waals surface area (Å²) < 4.78 is 30.6. The first-order valence-electron chi connectivity index (χ1n) is 5.82. The fraction of sp³-hybridized carbons (Fsp3) is 0.500. The van der Waals surface area contributed by atoms with Gasteiger partial charge in [-0.15, -0.1) is 0 Å². The van der Waals surface area contributed by atoms with Crippen LogP contribution in [0.1, 0.15) is 12.5 Å². The summed E-state index contributed by atoms with van der Waals surface area (Å²) in [5.74, 6) is 1.05. The lowest BCUT2D eigenvalue weighted by molar-refractivity contribution is 0.380. The third-order valence-electron chi connectivity index (χ3n) is 3.05. The standard InChI is InChI=1S/C12H18N2O3S/c1-9-6-14(18(15,16)8-9)7-10-5-11(13)3-4-12(10)17-2/h3-5,9H,6-8,13H2,1-2H3. The molecule has 18 heavy (non-hydrogen) atoms. The highest BCUT2D eigenvalue weighted by Gasteiger charge is 2.33. The number of anilines is 1. The molecule has 0 saturated carbocycles. The summed E-state index contributed by atoms with van der Waals surface area (Å²) in [4.78, 5) is 0. The second kappa shape index (κ2) is 4.78. The normalized spacial score (nSPS) is 23.1. The summed E-state index contributed by atoms with van der Waals surface area (Å²) in [6, 6.07) is 5.26. The maximum absolute atomic E-state index is 11.9. The van der Waals surface area contributed by atoms with Crippen molar-refractivity contribution in [3.63, 3.8) is 0 Å². The van der Waals surface area contributed by atoms with Gasteiger partial charge in [0.05, 0.1) is 12.9 Å². The second-order valence-corrected chi connectivity index (χ2v) is 6.76. The van der Waals surface area contributed by atoms with Gasteiger partial charge in [0.1, 0.15) is 5.75 Å². The third kappa shape index (κ3) is 2.59. The van der Waals surface area contributed by atoms with Crippen molar-refractivity contribution >= 4 is 15.7 Å². The molecule has 0 bridgehead atoms. The van der Waals surface area contributed by atoms with Crippen LogP contribution < -0.4 is 10.5 Å². The number of ether oxygens (including phenoxy) is 1. The maximum Gasteiger partial charge on any atom is 0.214 e. The first-order chi connectivity index (χ1) is 8.42. The van der Waals surface area contributed by atoms with Gasteiger partial charge in [-0.05, 0) is 24.1 Å². The van der Waals surface area contributed by atoms with Crippen LogP contribution in [0.25, 0.3) is 0 Å². The molecule has 0 aromatic heterocycles. The zero-order valence-corrected chi connectivity index (χ0v) is 11.4. The van der Waals surface area contributed by atoms with Crippen LogP contribution in [-0.2, 0) is 16.6 Å². The summed E-state index contributed by atoms with van der Waals surface area (Å²) >= 11 is 0. The van der Waals surface area contributed by atoms with E-state index in [-0.39, 0.29) is 11.7 Å². The van der Waals surface area contributed by atoms with Gasteiger partial charge in [0.15, 0.2) is 0 Å². The lowest BCUT2D eigenvalue weighted by Crippen LogP contribution is -2.25. The SMILES string of the molecule is COc1ccc(N)cc1CN1CC(C)CS1(=O)=O. The quantitative estimate of drug-likeness (QED) is 0.834. The van der Waals surface area contributed by atoms with Crippen molar-refractivity contribution < 1.29 is 13.2 Å². The lowest BCUT2D eigenvalue weighted by Gasteiger charge is -2.17. The smallest absolute Gasteiger partial charge is 0.214 e. The molecule has 1 aliphatic rings. The molecular weight excluding hydrogens is 252 g/mol. The van der Waals surface area contributed by atoms with E-state index in [1.165, 1.54) is 4.31 Å². The molecule has 1 aliphatic heterocycles. The van der Waals surface area contributed by atoms with Crippen molar-refractivity contribution in [2.45, 2.75) is 13.5 Å². The summed E-state index contributed by atoms with van der Waals surface area (Å²) in [5.41, 5.74) is 7.14. The minimum absolute atomic E-state index is 0.169. The molecule has 1 unspecified atom stereocenters. The molecule has 2 rings (SSSR count). The van der Waals surface area contributed by atoms with Crippen molar-refractivity contribution in [1.29, 1.82) is 0 Å². The van der Waals surface area contributed by atoms with Crippen LogP contribution in [0.15, 0.2) is 18.2 Å². The Bertz CT molecular complexity index is 542. The van der Waals surface area contributed by atoms with Gasteiger partial charge in [-0.25, -0.2) is 8.42 Å². The van der Waals surface area contributed by atoms with Crippen LogP contribution in [0.4, 0.5) is 5.69 Å². The van der Waals surface area contributed by atoms with E-state index >= 15 is 0 Å². The number of nitrogen functional groups attached to an aromatic ring is 1. The molecule has 0 amide bonds. The molecule has 5 nitrogen and oxygen atoms in total. The predicted octanol–water partition coefficient (Wildman–Crippen LogP) is 1.06. The van der Waals surface area contributed by atoms with E-state index in [9.17, 15) is 8.42 Å². The minimum Gasteiger partial charge on any atom is -0.496 e. The number of nitrogens with zero attached hydrogens (tertiary/aromatic N) is 1. The van der Waals surface area contributed by atoms with Gasteiger partial charge in [-0.1, -0.05) is 6.92 Å². The molecule has 0 aliphatic carbocycles. The number of rotatable bonds is 3. The van der Waals surface area contributed by atoms with E-state index in [1.54, 1.807) is 25.3 Å². The number of hydrogen-bond donors (Lipinski definition) is 1. The Kier molecular flexibility index (Phi) is 3.49. The summed E-state index contributed by atoms with van der Waals surface area (Å²) in [5, 5.41) is 0. The highest BCUT2D eigenvalue weighted by Crippen LogP contribution is 2.27. The van der Waals surface area contributed by atoms with Crippen LogP contribution in [0.3, 0.4) is 0 Å². The zero-order chi connectivity index (χ0) is 13.3. The minimum atomic E-state index is -3.14. The Labute approximate surface area is 108 Å². The highest BCUT2D eigenvalue weighted by molar-refractivity contribution is 7.89.